The molecule has 8 nitrogen and oxygen atoms in total. The fourth-order valence-corrected chi connectivity index (χ4v) is 3.24. The molecule has 0 spiro atoms. The van der Waals surface area contributed by atoms with E-state index in [0.29, 0.717) is 22.6 Å². The van der Waals surface area contributed by atoms with Crippen molar-refractivity contribution >= 4 is 46.3 Å². The maximum atomic E-state index is 12.6. The van der Waals surface area contributed by atoms with Crippen LogP contribution in [0.5, 0.6) is 11.5 Å². The van der Waals surface area contributed by atoms with Crippen molar-refractivity contribution in [3.63, 3.8) is 0 Å². The minimum Gasteiger partial charge on any atom is -0.506 e. The van der Waals surface area contributed by atoms with Gasteiger partial charge in [-0.15, -0.1) is 0 Å². The molecule has 3 aromatic carbocycles. The first-order valence-corrected chi connectivity index (χ1v) is 10.1. The highest BCUT2D eigenvalue weighted by molar-refractivity contribution is 6.32. The second kappa shape index (κ2) is 9.46. The number of phenolic OH excluding ortho intramolecular Hbond substituents is 1. The van der Waals surface area contributed by atoms with Gasteiger partial charge in [0, 0.05) is 28.3 Å². The van der Waals surface area contributed by atoms with Crippen LogP contribution in [0.3, 0.4) is 0 Å². The van der Waals surface area contributed by atoms with E-state index in [1.165, 1.54) is 31.5 Å². The number of halogens is 1. The molecule has 9 heteroatoms. The summed E-state index contributed by atoms with van der Waals surface area (Å²) < 4.78 is 10.9. The zero-order valence-electron chi connectivity index (χ0n) is 17.3. The molecule has 33 heavy (non-hydrogen) atoms. The van der Waals surface area contributed by atoms with E-state index in [1.807, 2.05) is 18.2 Å². The second-order valence-electron chi connectivity index (χ2n) is 6.92. The van der Waals surface area contributed by atoms with Gasteiger partial charge in [-0.1, -0.05) is 29.8 Å². The predicted octanol–water partition coefficient (Wildman–Crippen LogP) is 4.82. The molecular weight excluding hydrogens is 446 g/mol. The van der Waals surface area contributed by atoms with Crippen LogP contribution in [0.25, 0.3) is 11.0 Å². The summed E-state index contributed by atoms with van der Waals surface area (Å²) in [6, 6.07) is 18.1. The Bertz CT molecular complexity index is 1350. The number of carbonyl (C=O) groups excluding carboxylic acids is 2. The number of amides is 2. The summed E-state index contributed by atoms with van der Waals surface area (Å²) in [6.07, 6.45) is 1.41. The average Bonchev–Trinajstić information content (AvgIpc) is 3.26. The Morgan fingerprint density at radius 2 is 1.88 bits per heavy atom. The van der Waals surface area contributed by atoms with Crippen LogP contribution in [0.15, 0.2) is 76.2 Å². The molecule has 0 unspecified atom stereocenters. The summed E-state index contributed by atoms with van der Waals surface area (Å²) in [5, 5.41) is 17.0. The van der Waals surface area contributed by atoms with Gasteiger partial charge in [0.15, 0.2) is 5.76 Å². The molecule has 0 aliphatic carbocycles. The molecule has 1 aromatic heterocycles. The summed E-state index contributed by atoms with van der Waals surface area (Å²) in [6.45, 7) is 0. The molecule has 0 saturated heterocycles. The third kappa shape index (κ3) is 4.97. The van der Waals surface area contributed by atoms with Crippen molar-refractivity contribution in [3.05, 3.63) is 88.6 Å². The summed E-state index contributed by atoms with van der Waals surface area (Å²) in [5.74, 6) is -0.383. The van der Waals surface area contributed by atoms with Crippen molar-refractivity contribution in [2.45, 2.75) is 0 Å². The van der Waals surface area contributed by atoms with Crippen LogP contribution in [0.4, 0.5) is 5.69 Å². The molecule has 0 aliphatic rings. The van der Waals surface area contributed by atoms with Gasteiger partial charge in [0.05, 0.1) is 18.3 Å². The number of para-hydroxylation sites is 1. The zero-order chi connectivity index (χ0) is 23.4. The lowest BCUT2D eigenvalue weighted by Crippen LogP contribution is -2.17. The number of anilines is 1. The number of rotatable bonds is 6. The topological polar surface area (TPSA) is 113 Å². The van der Waals surface area contributed by atoms with Gasteiger partial charge < -0.3 is 19.6 Å². The molecule has 0 bridgehead atoms. The van der Waals surface area contributed by atoms with E-state index in [0.717, 1.165) is 5.39 Å². The predicted molar refractivity (Wildman–Crippen MR) is 125 cm³/mol. The Morgan fingerprint density at radius 1 is 1.06 bits per heavy atom. The van der Waals surface area contributed by atoms with Gasteiger partial charge in [-0.05, 0) is 42.5 Å². The Labute approximate surface area is 193 Å². The second-order valence-corrected chi connectivity index (χ2v) is 7.33. The molecule has 3 N–H and O–H groups in total. The summed E-state index contributed by atoms with van der Waals surface area (Å²) >= 11 is 5.82. The van der Waals surface area contributed by atoms with Crippen LogP contribution in [0, 0.1) is 0 Å². The van der Waals surface area contributed by atoms with Gasteiger partial charge in [0.1, 0.15) is 17.1 Å². The number of benzene rings is 3. The van der Waals surface area contributed by atoms with E-state index in [4.69, 9.17) is 20.8 Å². The number of nitrogens with one attached hydrogen (secondary N) is 2. The fraction of sp³-hybridized carbons (Fsp3) is 0.0417. The summed E-state index contributed by atoms with van der Waals surface area (Å²) in [7, 11) is 1.48. The van der Waals surface area contributed by atoms with Crippen LogP contribution in [0.1, 0.15) is 26.5 Å². The monoisotopic (exact) mass is 463 g/mol. The Hall–Kier alpha value is -4.30. The minimum atomic E-state index is -0.498. The van der Waals surface area contributed by atoms with E-state index < -0.39 is 11.8 Å². The molecule has 0 radical (unpaired) electrons. The third-order valence-corrected chi connectivity index (χ3v) is 5.02. The van der Waals surface area contributed by atoms with Crippen LogP contribution in [-0.2, 0) is 0 Å². The number of nitrogens with zero attached hydrogens (tertiary/aromatic N) is 1. The highest BCUT2D eigenvalue weighted by atomic mass is 35.5. The first-order valence-electron chi connectivity index (χ1n) is 9.74. The van der Waals surface area contributed by atoms with Gasteiger partial charge in [0.2, 0.25) is 0 Å². The first-order chi connectivity index (χ1) is 15.9. The Balaban J connectivity index is 1.44. The van der Waals surface area contributed by atoms with E-state index in [9.17, 15) is 14.7 Å². The Kier molecular flexibility index (Phi) is 6.28. The molecule has 0 aliphatic heterocycles. The number of furan rings is 1. The van der Waals surface area contributed by atoms with E-state index in [1.54, 1.807) is 30.3 Å². The molecular formula is C24H18ClN3O5. The number of methoxy groups -OCH3 is 1. The van der Waals surface area contributed by atoms with E-state index >= 15 is 0 Å². The fourth-order valence-electron chi connectivity index (χ4n) is 3.06. The van der Waals surface area contributed by atoms with Gasteiger partial charge >= 0.3 is 0 Å². The van der Waals surface area contributed by atoms with Crippen molar-refractivity contribution in [2.24, 2.45) is 5.10 Å². The smallest absolute Gasteiger partial charge is 0.291 e. The summed E-state index contributed by atoms with van der Waals surface area (Å²) in [4.78, 5) is 24.7. The number of hydrazone groups is 1. The SMILES string of the molecule is COc1cc(NC(=O)c2cc3ccccc3o2)ccc1C=NNC(=O)c1ccc(O)c(Cl)c1. The van der Waals surface area contributed by atoms with Crippen molar-refractivity contribution in [1.29, 1.82) is 0 Å². The number of aromatic hydroxyl groups is 1. The average molecular weight is 464 g/mol. The first kappa shape index (κ1) is 21.9. The van der Waals surface area contributed by atoms with Crippen LogP contribution in [-0.4, -0.2) is 30.2 Å². The van der Waals surface area contributed by atoms with E-state index in [-0.39, 0.29) is 22.1 Å². The van der Waals surface area contributed by atoms with Crippen molar-refractivity contribution in [1.82, 2.24) is 5.43 Å². The third-order valence-electron chi connectivity index (χ3n) is 4.72. The van der Waals surface area contributed by atoms with Crippen LogP contribution in [0.2, 0.25) is 5.02 Å². The lowest BCUT2D eigenvalue weighted by atomic mass is 10.2. The number of hydrogen-bond donors (Lipinski definition) is 3. The van der Waals surface area contributed by atoms with Crippen molar-refractivity contribution in [3.8, 4) is 11.5 Å². The van der Waals surface area contributed by atoms with Crippen LogP contribution < -0.4 is 15.5 Å². The van der Waals surface area contributed by atoms with Gasteiger partial charge in [-0.3, -0.25) is 9.59 Å². The number of carbonyl (C=O) groups is 2. The highest BCUT2D eigenvalue weighted by Gasteiger charge is 2.13. The number of phenols is 1. The van der Waals surface area contributed by atoms with Gasteiger partial charge in [-0.25, -0.2) is 5.43 Å². The highest BCUT2D eigenvalue weighted by Crippen LogP contribution is 2.25. The number of fused-ring (bicyclic) bond motifs is 1. The Morgan fingerprint density at radius 3 is 2.64 bits per heavy atom. The van der Waals surface area contributed by atoms with Gasteiger partial charge in [0.25, 0.3) is 11.8 Å². The lowest BCUT2D eigenvalue weighted by molar-refractivity contribution is 0.0954. The quantitative estimate of drug-likeness (QED) is 0.280. The zero-order valence-corrected chi connectivity index (χ0v) is 18.1. The van der Waals surface area contributed by atoms with Crippen LogP contribution >= 0.6 is 11.6 Å². The minimum absolute atomic E-state index is 0.0635. The molecule has 0 fully saturated rings. The molecule has 0 atom stereocenters. The molecule has 1 heterocycles. The largest absolute Gasteiger partial charge is 0.506 e. The van der Waals surface area contributed by atoms with Crippen molar-refractivity contribution < 1.29 is 23.8 Å². The molecule has 2 amide bonds. The normalized spacial score (nSPS) is 11.0. The number of hydrogen-bond acceptors (Lipinski definition) is 6. The molecule has 4 rings (SSSR count). The summed E-state index contributed by atoms with van der Waals surface area (Å²) in [5.41, 5.74) is 4.32. The molecule has 0 saturated carbocycles. The van der Waals surface area contributed by atoms with E-state index in [2.05, 4.69) is 15.8 Å². The van der Waals surface area contributed by atoms with Gasteiger partial charge in [-0.2, -0.15) is 5.10 Å². The van der Waals surface area contributed by atoms with Crippen molar-refractivity contribution in [2.75, 3.05) is 12.4 Å². The maximum Gasteiger partial charge on any atom is 0.291 e. The maximum absolute atomic E-state index is 12.6. The molecule has 4 aromatic rings. The molecule has 166 valence electrons. The lowest BCUT2D eigenvalue weighted by Gasteiger charge is -2.09. The number of ether oxygens (including phenoxy) is 1. The standard InChI is InChI=1S/C24H18ClN3O5/c1-32-21-12-17(27-24(31)22-11-14-4-2-3-5-20(14)33-22)8-6-16(21)13-26-28-23(30)15-7-9-19(29)18(25)10-15/h2-13,29H,1H3,(H,27,31)(H,28,30).